The summed E-state index contributed by atoms with van der Waals surface area (Å²) in [6.07, 6.45) is 8.77. The number of carbonyl (C=O) groups is 1. The molecule has 5 fully saturated rings. The lowest BCUT2D eigenvalue weighted by atomic mass is 9.43. The average molecular weight is 515 g/mol. The van der Waals surface area contributed by atoms with Crippen molar-refractivity contribution in [3.8, 4) is 0 Å². The van der Waals surface area contributed by atoms with Gasteiger partial charge in [0.05, 0.1) is 5.41 Å². The maximum absolute atomic E-state index is 13.5. The smallest absolute Gasteiger partial charge is 0.315 e. The molecule has 36 heavy (non-hydrogen) atoms. The molecule has 1 spiro atoms. The van der Waals surface area contributed by atoms with Crippen LogP contribution < -0.4 is 0 Å². The van der Waals surface area contributed by atoms with E-state index in [4.69, 9.17) is 19.2 Å². The van der Waals surface area contributed by atoms with Crippen molar-refractivity contribution in [3.63, 3.8) is 0 Å². The van der Waals surface area contributed by atoms with Gasteiger partial charge >= 0.3 is 5.97 Å². The number of hydrogen-bond donors (Lipinski definition) is 0. The summed E-state index contributed by atoms with van der Waals surface area (Å²) in [5, 5.41) is 0. The van der Waals surface area contributed by atoms with Crippen molar-refractivity contribution < 1.29 is 24.0 Å². The molecular formula is C31H62O5. The van der Waals surface area contributed by atoms with Crippen LogP contribution in [0, 0.1) is 22.7 Å². The lowest BCUT2D eigenvalue weighted by Gasteiger charge is -2.70. The number of hydrogen-bond acceptors (Lipinski definition) is 5. The first kappa shape index (κ1) is 35.4. The molecule has 216 valence electrons. The Morgan fingerprint density at radius 2 is 1.44 bits per heavy atom. The van der Waals surface area contributed by atoms with Crippen LogP contribution in [0.3, 0.4) is 0 Å². The lowest BCUT2D eigenvalue weighted by molar-refractivity contribution is -0.597. The van der Waals surface area contributed by atoms with E-state index in [1.165, 1.54) is 6.42 Å². The van der Waals surface area contributed by atoms with Gasteiger partial charge in [0.1, 0.15) is 0 Å². The molecular weight excluding hydrogens is 452 g/mol. The van der Waals surface area contributed by atoms with Gasteiger partial charge in [-0.2, -0.15) is 0 Å². The summed E-state index contributed by atoms with van der Waals surface area (Å²) < 4.78 is 12.6. The third-order valence-corrected chi connectivity index (χ3v) is 8.44. The zero-order chi connectivity index (χ0) is 28.4. The van der Waals surface area contributed by atoms with Gasteiger partial charge in [0.15, 0.2) is 5.60 Å². The number of rotatable bonds is 4. The van der Waals surface area contributed by atoms with Crippen molar-refractivity contribution in [1.82, 2.24) is 0 Å². The molecule has 0 N–H and O–H groups in total. The van der Waals surface area contributed by atoms with Crippen LogP contribution in [0.25, 0.3) is 0 Å². The third kappa shape index (κ3) is 5.69. The normalized spacial score (nSPS) is 39.8. The number of carbonyl (C=O) groups excluding carboxylic acids is 1. The molecule has 5 aliphatic rings. The van der Waals surface area contributed by atoms with E-state index in [9.17, 15) is 4.79 Å². The summed E-state index contributed by atoms with van der Waals surface area (Å²) in [6.45, 7) is 28.8. The second kappa shape index (κ2) is 14.5. The Kier molecular flexibility index (Phi) is 14.2. The molecule has 1 aliphatic carbocycles. The molecule has 4 saturated heterocycles. The van der Waals surface area contributed by atoms with Crippen LogP contribution in [0.1, 0.15) is 155 Å². The third-order valence-electron chi connectivity index (χ3n) is 8.44. The van der Waals surface area contributed by atoms with E-state index >= 15 is 0 Å². The molecule has 4 heterocycles. The summed E-state index contributed by atoms with van der Waals surface area (Å²) in [5.74, 6) is -1.29. The number of esters is 1. The fraction of sp³-hybridized carbons (Fsp3) is 0.968. The fourth-order valence-electron chi connectivity index (χ4n) is 7.01. The first-order valence-electron chi connectivity index (χ1n) is 15.3. The van der Waals surface area contributed by atoms with Crippen LogP contribution in [0.15, 0.2) is 0 Å². The Morgan fingerprint density at radius 3 is 1.94 bits per heavy atom. The fourth-order valence-corrected chi connectivity index (χ4v) is 7.01. The maximum Gasteiger partial charge on any atom is 0.315 e. The molecule has 0 aromatic rings. The predicted octanol–water partition coefficient (Wildman–Crippen LogP) is 9.62. The Hall–Kier alpha value is -0.650. The molecule has 1 saturated carbocycles. The second-order valence-corrected chi connectivity index (χ2v) is 11.0. The van der Waals surface area contributed by atoms with E-state index in [1.807, 2.05) is 55.4 Å². The summed E-state index contributed by atoms with van der Waals surface area (Å²) in [5.41, 5.74) is -1.70. The van der Waals surface area contributed by atoms with Gasteiger partial charge in [0, 0.05) is 18.8 Å². The summed E-state index contributed by atoms with van der Waals surface area (Å²) in [4.78, 5) is 25.9. The van der Waals surface area contributed by atoms with Crippen molar-refractivity contribution in [2.24, 2.45) is 22.7 Å². The van der Waals surface area contributed by atoms with Crippen LogP contribution >= 0.6 is 0 Å². The van der Waals surface area contributed by atoms with Crippen molar-refractivity contribution in [2.75, 3.05) is 0 Å². The van der Waals surface area contributed by atoms with Crippen molar-refractivity contribution in [1.29, 1.82) is 0 Å². The van der Waals surface area contributed by atoms with Gasteiger partial charge in [-0.25, -0.2) is 9.78 Å². The van der Waals surface area contributed by atoms with E-state index < -0.39 is 22.6 Å². The van der Waals surface area contributed by atoms with Crippen molar-refractivity contribution in [3.05, 3.63) is 0 Å². The molecule has 4 unspecified atom stereocenters. The van der Waals surface area contributed by atoms with E-state index in [-0.39, 0.29) is 17.3 Å². The Bertz CT molecular complexity index is 651. The monoisotopic (exact) mass is 514 g/mol. The standard InChI is InChI=1S/C22H36O5.C3H8.3C2H6/c1-7-21-12-8-9-16-11-14-19(5)25-20(6,22(16,21)27-26-19)24-17(23)18(21,4)13-10-15(2)3;1-3-2;3*1-2/h15-16H,7-14H2,1-6H3;3H2,1-2H3;3*1-2H3/t16?,18-,19-,20?,21?,22?;;;;/m1..../s1. The SMILES string of the molecule is CC.CC.CC.CCC.CCC12CCCC3CC[C@@]4(C)OOC31C(C)(OC(=O)[C@@]2(C)CCC(C)C)O4. The van der Waals surface area contributed by atoms with Crippen LogP contribution in [0.4, 0.5) is 0 Å². The van der Waals surface area contributed by atoms with Crippen molar-refractivity contribution >= 4 is 5.97 Å². The quantitative estimate of drug-likeness (QED) is 0.276. The van der Waals surface area contributed by atoms with Gasteiger partial charge in [-0.05, 0) is 64.2 Å². The lowest BCUT2D eigenvalue weighted by Crippen LogP contribution is -2.81. The van der Waals surface area contributed by atoms with Gasteiger partial charge in [-0.1, -0.05) is 89.0 Å². The van der Waals surface area contributed by atoms with Gasteiger partial charge in [-0.15, -0.1) is 0 Å². The van der Waals surface area contributed by atoms with E-state index in [2.05, 4.69) is 41.5 Å². The van der Waals surface area contributed by atoms with Crippen LogP contribution in [0.2, 0.25) is 0 Å². The van der Waals surface area contributed by atoms with Crippen LogP contribution in [0.5, 0.6) is 0 Å². The second-order valence-electron chi connectivity index (χ2n) is 11.0. The summed E-state index contributed by atoms with van der Waals surface area (Å²) >= 11 is 0. The molecule has 0 amide bonds. The average Bonchev–Trinajstić information content (AvgIpc) is 3.08. The summed E-state index contributed by atoms with van der Waals surface area (Å²) in [7, 11) is 0. The maximum atomic E-state index is 13.5. The molecule has 5 heteroatoms. The topological polar surface area (TPSA) is 54.0 Å². The molecule has 5 rings (SSSR count). The minimum Gasteiger partial charge on any atom is -0.429 e. The zero-order valence-electron chi connectivity index (χ0n) is 26.6. The Balaban J connectivity index is 0.00000122. The first-order chi connectivity index (χ1) is 17.0. The molecule has 0 aromatic carbocycles. The van der Waals surface area contributed by atoms with Crippen molar-refractivity contribution in [2.45, 2.75) is 172 Å². The predicted molar refractivity (Wildman–Crippen MR) is 150 cm³/mol. The largest absolute Gasteiger partial charge is 0.429 e. The van der Waals surface area contributed by atoms with Gasteiger partial charge < -0.3 is 9.47 Å². The highest BCUT2D eigenvalue weighted by Gasteiger charge is 2.82. The van der Waals surface area contributed by atoms with Gasteiger partial charge in [-0.3, -0.25) is 4.79 Å². The Labute approximate surface area is 224 Å². The van der Waals surface area contributed by atoms with Crippen LogP contribution in [-0.2, 0) is 24.0 Å². The molecule has 2 bridgehead atoms. The first-order valence-corrected chi connectivity index (χ1v) is 15.3. The minimum absolute atomic E-state index is 0.126. The molecule has 0 aromatic heterocycles. The molecule has 6 atom stereocenters. The highest BCUT2D eigenvalue weighted by molar-refractivity contribution is 5.80. The van der Waals surface area contributed by atoms with Crippen LogP contribution in [-0.4, -0.2) is 23.1 Å². The number of ether oxygens (including phenoxy) is 2. The molecule has 4 aliphatic heterocycles. The van der Waals surface area contributed by atoms with E-state index in [0.717, 1.165) is 51.4 Å². The summed E-state index contributed by atoms with van der Waals surface area (Å²) in [6, 6.07) is 0. The Morgan fingerprint density at radius 1 is 0.889 bits per heavy atom. The highest BCUT2D eigenvalue weighted by atomic mass is 17.3. The van der Waals surface area contributed by atoms with Gasteiger partial charge in [0.2, 0.25) is 11.6 Å². The molecule has 0 radical (unpaired) electrons. The van der Waals surface area contributed by atoms with E-state index in [1.54, 1.807) is 0 Å². The zero-order valence-corrected chi connectivity index (χ0v) is 26.6. The molecule has 5 nitrogen and oxygen atoms in total. The number of fused-ring (bicyclic) bond motifs is 2. The minimum atomic E-state index is -1.11. The van der Waals surface area contributed by atoms with E-state index in [0.29, 0.717) is 5.92 Å². The van der Waals surface area contributed by atoms with Gasteiger partial charge in [0.25, 0.3) is 0 Å². The highest BCUT2D eigenvalue weighted by Crippen LogP contribution is 2.72.